The summed E-state index contributed by atoms with van der Waals surface area (Å²) in [6.45, 7) is 1.77. The number of hydrogen-bond acceptors (Lipinski definition) is 4. The minimum absolute atomic E-state index is 0. The van der Waals surface area contributed by atoms with E-state index in [4.69, 9.17) is 10.5 Å². The van der Waals surface area contributed by atoms with Crippen LogP contribution in [0.4, 0.5) is 0 Å². The number of nitrogens with two attached hydrogens (primary N) is 1. The molecule has 7 heteroatoms. The van der Waals surface area contributed by atoms with E-state index in [-0.39, 0.29) is 24.2 Å². The van der Waals surface area contributed by atoms with Crippen LogP contribution in [0.1, 0.15) is 17.0 Å². The van der Waals surface area contributed by atoms with E-state index in [9.17, 15) is 8.42 Å². The van der Waals surface area contributed by atoms with E-state index in [1.807, 2.05) is 36.4 Å². The summed E-state index contributed by atoms with van der Waals surface area (Å²) in [5.74, 6) is 0.252. The van der Waals surface area contributed by atoms with Crippen LogP contribution in [0.5, 0.6) is 0 Å². The predicted molar refractivity (Wildman–Crippen MR) is 105 cm³/mol. The van der Waals surface area contributed by atoms with Gasteiger partial charge in [-0.25, -0.2) is 8.42 Å². The van der Waals surface area contributed by atoms with E-state index < -0.39 is 10.0 Å². The molecular formula is C19H25ClN2O3S. The predicted octanol–water partition coefficient (Wildman–Crippen LogP) is 2.62. The third-order valence-corrected chi connectivity index (χ3v) is 6.61. The Morgan fingerprint density at radius 2 is 1.85 bits per heavy atom. The molecule has 0 amide bonds. The highest BCUT2D eigenvalue weighted by Gasteiger charge is 2.39. The maximum absolute atomic E-state index is 13.1. The lowest BCUT2D eigenvalue weighted by Gasteiger charge is -2.17. The van der Waals surface area contributed by atoms with Gasteiger partial charge in [-0.05, 0) is 35.7 Å². The van der Waals surface area contributed by atoms with Gasteiger partial charge in [-0.1, -0.05) is 42.5 Å². The Balaban J connectivity index is 0.00000243. The van der Waals surface area contributed by atoms with Crippen LogP contribution in [-0.4, -0.2) is 39.5 Å². The summed E-state index contributed by atoms with van der Waals surface area (Å²) < 4.78 is 32.8. The molecular weight excluding hydrogens is 372 g/mol. The van der Waals surface area contributed by atoms with Crippen molar-refractivity contribution in [3.63, 3.8) is 0 Å². The van der Waals surface area contributed by atoms with Crippen LogP contribution in [0.2, 0.25) is 0 Å². The maximum Gasteiger partial charge on any atom is 0.243 e. The van der Waals surface area contributed by atoms with E-state index in [1.54, 1.807) is 29.6 Å². The van der Waals surface area contributed by atoms with E-state index >= 15 is 0 Å². The Hall–Kier alpha value is -1.44. The summed E-state index contributed by atoms with van der Waals surface area (Å²) in [7, 11) is -1.95. The molecule has 2 aromatic rings. The molecule has 0 aromatic heterocycles. The normalized spacial score (nSPS) is 20.7. The SMILES string of the molecule is COCc1cccc(S(=O)(=O)N2C[C@@H](CN)[C@H](c3ccccc3)C2)c1.Cl. The molecule has 26 heavy (non-hydrogen) atoms. The van der Waals surface area contributed by atoms with Crippen LogP contribution in [0.25, 0.3) is 0 Å². The molecule has 1 fully saturated rings. The number of rotatable bonds is 6. The van der Waals surface area contributed by atoms with E-state index in [2.05, 4.69) is 0 Å². The lowest BCUT2D eigenvalue weighted by molar-refractivity contribution is 0.184. The quantitative estimate of drug-likeness (QED) is 0.814. The first-order chi connectivity index (χ1) is 12.1. The van der Waals surface area contributed by atoms with Crippen molar-refractivity contribution in [2.24, 2.45) is 11.7 Å². The number of nitrogens with zero attached hydrogens (tertiary/aromatic N) is 1. The summed E-state index contributed by atoms with van der Waals surface area (Å²) >= 11 is 0. The van der Waals surface area contributed by atoms with Crippen molar-refractivity contribution in [1.29, 1.82) is 0 Å². The summed E-state index contributed by atoms with van der Waals surface area (Å²) in [5, 5.41) is 0. The standard InChI is InChI=1S/C19H24N2O3S.ClH/c1-24-14-15-6-5-9-18(10-15)25(22,23)21-12-17(11-20)19(13-21)16-7-3-2-4-8-16;/h2-10,17,19H,11-14,20H2,1H3;1H/t17-,19+;/m1./s1. The van der Waals surface area contributed by atoms with Gasteiger partial charge in [0.05, 0.1) is 11.5 Å². The lowest BCUT2D eigenvalue weighted by Crippen LogP contribution is -2.30. The van der Waals surface area contributed by atoms with Crippen molar-refractivity contribution in [3.8, 4) is 0 Å². The Bertz CT molecular complexity index is 815. The summed E-state index contributed by atoms with van der Waals surface area (Å²) in [6, 6.07) is 17.0. The first-order valence-corrected chi connectivity index (χ1v) is 9.83. The summed E-state index contributed by atoms with van der Waals surface area (Å²) in [4.78, 5) is 0.312. The van der Waals surface area contributed by atoms with Crippen LogP contribution in [0.15, 0.2) is 59.5 Å². The smallest absolute Gasteiger partial charge is 0.243 e. The number of halogens is 1. The molecule has 5 nitrogen and oxygen atoms in total. The van der Waals surface area contributed by atoms with Gasteiger partial charge in [-0.2, -0.15) is 4.31 Å². The zero-order chi connectivity index (χ0) is 17.9. The molecule has 2 atom stereocenters. The molecule has 142 valence electrons. The first kappa shape index (κ1) is 20.9. The van der Waals surface area contributed by atoms with Crippen molar-refractivity contribution < 1.29 is 13.2 Å². The fraction of sp³-hybridized carbons (Fsp3) is 0.368. The molecule has 1 aliphatic heterocycles. The van der Waals surface area contributed by atoms with Gasteiger partial charge in [-0.3, -0.25) is 0 Å². The molecule has 1 saturated heterocycles. The summed E-state index contributed by atoms with van der Waals surface area (Å²) in [5.41, 5.74) is 7.92. The molecule has 2 N–H and O–H groups in total. The highest BCUT2D eigenvalue weighted by atomic mass is 35.5. The van der Waals surface area contributed by atoms with E-state index in [0.29, 0.717) is 31.1 Å². The number of sulfonamides is 1. The Morgan fingerprint density at radius 1 is 1.12 bits per heavy atom. The molecule has 2 aromatic carbocycles. The Labute approximate surface area is 161 Å². The van der Waals surface area contributed by atoms with Crippen LogP contribution >= 0.6 is 12.4 Å². The third-order valence-electron chi connectivity index (χ3n) is 4.79. The molecule has 1 aliphatic rings. The zero-order valence-corrected chi connectivity index (χ0v) is 16.4. The molecule has 1 heterocycles. The molecule has 0 unspecified atom stereocenters. The fourth-order valence-electron chi connectivity index (χ4n) is 3.46. The van der Waals surface area contributed by atoms with Crippen LogP contribution in [-0.2, 0) is 21.4 Å². The van der Waals surface area contributed by atoms with Crippen molar-refractivity contribution in [2.75, 3.05) is 26.7 Å². The van der Waals surface area contributed by atoms with Gasteiger partial charge in [0.15, 0.2) is 0 Å². The molecule has 3 rings (SSSR count). The second kappa shape index (κ2) is 8.97. The lowest BCUT2D eigenvalue weighted by atomic mass is 9.89. The second-order valence-corrected chi connectivity index (χ2v) is 8.35. The average molecular weight is 397 g/mol. The monoisotopic (exact) mass is 396 g/mol. The maximum atomic E-state index is 13.1. The Morgan fingerprint density at radius 3 is 2.50 bits per heavy atom. The number of hydrogen-bond donors (Lipinski definition) is 1. The topological polar surface area (TPSA) is 72.6 Å². The van der Waals surface area contributed by atoms with Crippen molar-refractivity contribution >= 4 is 22.4 Å². The number of methoxy groups -OCH3 is 1. The van der Waals surface area contributed by atoms with Gasteiger partial charge in [0.2, 0.25) is 10.0 Å². The average Bonchev–Trinajstić information content (AvgIpc) is 3.08. The largest absolute Gasteiger partial charge is 0.380 e. The molecule has 0 aliphatic carbocycles. The second-order valence-electron chi connectivity index (χ2n) is 6.42. The van der Waals surface area contributed by atoms with Gasteiger partial charge in [0.1, 0.15) is 0 Å². The first-order valence-electron chi connectivity index (χ1n) is 8.39. The van der Waals surface area contributed by atoms with Gasteiger partial charge >= 0.3 is 0 Å². The molecule has 0 saturated carbocycles. The van der Waals surface area contributed by atoms with Crippen LogP contribution in [0, 0.1) is 5.92 Å². The van der Waals surface area contributed by atoms with Gasteiger partial charge < -0.3 is 10.5 Å². The highest BCUT2D eigenvalue weighted by molar-refractivity contribution is 7.89. The van der Waals surface area contributed by atoms with E-state index in [0.717, 1.165) is 11.1 Å². The highest BCUT2D eigenvalue weighted by Crippen LogP contribution is 2.35. The summed E-state index contributed by atoms with van der Waals surface area (Å²) in [6.07, 6.45) is 0. The third kappa shape index (κ3) is 4.27. The minimum atomic E-state index is -3.54. The Kier molecular flexibility index (Phi) is 7.20. The van der Waals surface area contributed by atoms with Crippen LogP contribution in [0.3, 0.4) is 0 Å². The van der Waals surface area contributed by atoms with Crippen molar-refractivity contribution in [3.05, 3.63) is 65.7 Å². The van der Waals surface area contributed by atoms with E-state index in [1.165, 1.54) is 0 Å². The van der Waals surface area contributed by atoms with Gasteiger partial charge in [-0.15, -0.1) is 12.4 Å². The van der Waals surface area contributed by atoms with Gasteiger partial charge in [0.25, 0.3) is 0 Å². The molecule has 0 bridgehead atoms. The molecule has 0 spiro atoms. The minimum Gasteiger partial charge on any atom is -0.380 e. The fourth-order valence-corrected chi connectivity index (χ4v) is 5.05. The molecule has 0 radical (unpaired) electrons. The van der Waals surface area contributed by atoms with Crippen LogP contribution < -0.4 is 5.73 Å². The van der Waals surface area contributed by atoms with Crippen molar-refractivity contribution in [2.45, 2.75) is 17.4 Å². The number of benzene rings is 2. The van der Waals surface area contributed by atoms with Crippen molar-refractivity contribution in [1.82, 2.24) is 4.31 Å². The number of ether oxygens (including phenoxy) is 1. The van der Waals surface area contributed by atoms with Gasteiger partial charge in [0, 0.05) is 26.1 Å². The zero-order valence-electron chi connectivity index (χ0n) is 14.7.